The van der Waals surface area contributed by atoms with Gasteiger partial charge in [-0.1, -0.05) is 18.0 Å². The first-order chi connectivity index (χ1) is 5.88. The van der Waals surface area contributed by atoms with Gasteiger partial charge < -0.3 is 10.3 Å². The van der Waals surface area contributed by atoms with E-state index in [0.29, 0.717) is 11.8 Å². The largest absolute Gasteiger partial charge is 0.339 e. The zero-order valence-corrected chi connectivity index (χ0v) is 6.94. The maximum absolute atomic E-state index is 5.94. The van der Waals surface area contributed by atoms with Gasteiger partial charge in [0.25, 0.3) is 0 Å². The minimum atomic E-state index is 0.208. The van der Waals surface area contributed by atoms with Crippen molar-refractivity contribution in [3.05, 3.63) is 12.2 Å². The average molecular weight is 167 g/mol. The van der Waals surface area contributed by atoms with Crippen molar-refractivity contribution in [3.63, 3.8) is 0 Å². The molecule has 1 fully saturated rings. The van der Waals surface area contributed by atoms with Gasteiger partial charge in [0.15, 0.2) is 6.33 Å². The van der Waals surface area contributed by atoms with Gasteiger partial charge in [-0.3, -0.25) is 0 Å². The van der Waals surface area contributed by atoms with E-state index >= 15 is 0 Å². The monoisotopic (exact) mass is 167 g/mol. The van der Waals surface area contributed by atoms with Crippen LogP contribution in [0.25, 0.3) is 0 Å². The van der Waals surface area contributed by atoms with Gasteiger partial charge in [0.2, 0.25) is 5.89 Å². The fourth-order valence-corrected chi connectivity index (χ4v) is 1.81. The molecular weight excluding hydrogens is 154 g/mol. The van der Waals surface area contributed by atoms with Crippen LogP contribution in [-0.2, 0) is 0 Å². The van der Waals surface area contributed by atoms with Gasteiger partial charge in [0, 0.05) is 6.04 Å². The Hall–Kier alpha value is -0.900. The van der Waals surface area contributed by atoms with E-state index in [9.17, 15) is 0 Å². The highest BCUT2D eigenvalue weighted by molar-refractivity contribution is 4.97. The second-order valence-electron chi connectivity index (χ2n) is 3.33. The van der Waals surface area contributed by atoms with Crippen LogP contribution in [0.5, 0.6) is 0 Å². The van der Waals surface area contributed by atoms with Crippen molar-refractivity contribution in [2.45, 2.75) is 37.6 Å². The highest BCUT2D eigenvalue weighted by Crippen LogP contribution is 2.30. The van der Waals surface area contributed by atoms with Gasteiger partial charge in [0.05, 0.1) is 5.92 Å². The highest BCUT2D eigenvalue weighted by Gasteiger charge is 2.27. The van der Waals surface area contributed by atoms with E-state index in [2.05, 4.69) is 10.1 Å². The summed E-state index contributed by atoms with van der Waals surface area (Å²) < 4.78 is 5.00. The van der Waals surface area contributed by atoms with Crippen LogP contribution in [0, 0.1) is 0 Å². The zero-order chi connectivity index (χ0) is 8.39. The molecule has 1 heterocycles. The number of nitrogens with zero attached hydrogens (tertiary/aromatic N) is 2. The van der Waals surface area contributed by atoms with E-state index in [1.165, 1.54) is 19.2 Å². The molecule has 12 heavy (non-hydrogen) atoms. The maximum atomic E-state index is 5.94. The van der Waals surface area contributed by atoms with Gasteiger partial charge in [-0.25, -0.2) is 0 Å². The molecule has 0 bridgehead atoms. The lowest BCUT2D eigenvalue weighted by Crippen LogP contribution is -2.31. The molecule has 1 aliphatic rings. The molecule has 0 amide bonds. The Morgan fingerprint density at radius 3 is 2.92 bits per heavy atom. The molecule has 4 heteroatoms. The normalized spacial score (nSPS) is 30.4. The highest BCUT2D eigenvalue weighted by atomic mass is 16.5. The summed E-state index contributed by atoms with van der Waals surface area (Å²) >= 11 is 0. The smallest absolute Gasteiger partial charge is 0.231 e. The van der Waals surface area contributed by atoms with Gasteiger partial charge in [0.1, 0.15) is 0 Å². The number of hydrogen-bond acceptors (Lipinski definition) is 4. The van der Waals surface area contributed by atoms with E-state index in [0.717, 1.165) is 12.8 Å². The van der Waals surface area contributed by atoms with Crippen LogP contribution >= 0.6 is 0 Å². The molecule has 1 aliphatic carbocycles. The molecule has 4 nitrogen and oxygen atoms in total. The summed E-state index contributed by atoms with van der Waals surface area (Å²) in [4.78, 5) is 4.03. The Labute approximate surface area is 71.1 Å². The van der Waals surface area contributed by atoms with Crippen LogP contribution in [0.15, 0.2) is 10.9 Å². The first-order valence-corrected chi connectivity index (χ1v) is 4.40. The number of nitrogens with two attached hydrogens (primary N) is 1. The standard InChI is InChI=1S/C8H13N3O/c9-7-4-2-1-3-6(7)8-10-5-11-12-8/h5-7H,1-4,9H2. The summed E-state index contributed by atoms with van der Waals surface area (Å²) in [7, 11) is 0. The summed E-state index contributed by atoms with van der Waals surface area (Å²) in [5.74, 6) is 1.00. The Morgan fingerprint density at radius 1 is 1.42 bits per heavy atom. The lowest BCUT2D eigenvalue weighted by atomic mass is 9.85. The third kappa shape index (κ3) is 1.34. The molecule has 0 spiro atoms. The van der Waals surface area contributed by atoms with E-state index in [1.807, 2.05) is 0 Å². The summed E-state index contributed by atoms with van der Waals surface area (Å²) in [6.45, 7) is 0. The van der Waals surface area contributed by atoms with Crippen LogP contribution in [-0.4, -0.2) is 16.2 Å². The molecule has 2 unspecified atom stereocenters. The lowest BCUT2D eigenvalue weighted by molar-refractivity contribution is 0.290. The number of hydrogen-bond donors (Lipinski definition) is 1. The molecule has 1 aromatic heterocycles. The molecule has 2 rings (SSSR count). The predicted molar refractivity (Wildman–Crippen MR) is 43.5 cm³/mol. The maximum Gasteiger partial charge on any atom is 0.231 e. The fraction of sp³-hybridized carbons (Fsp3) is 0.750. The molecule has 0 saturated heterocycles. The topological polar surface area (TPSA) is 64.9 Å². The first-order valence-electron chi connectivity index (χ1n) is 4.40. The molecule has 1 saturated carbocycles. The molecule has 0 aromatic carbocycles. The summed E-state index contributed by atoms with van der Waals surface area (Å²) in [6.07, 6.45) is 6.06. The number of aromatic nitrogens is 2. The van der Waals surface area contributed by atoms with E-state index in [1.54, 1.807) is 0 Å². The Morgan fingerprint density at radius 2 is 2.25 bits per heavy atom. The lowest BCUT2D eigenvalue weighted by Gasteiger charge is -2.25. The van der Waals surface area contributed by atoms with Crippen molar-refractivity contribution in [2.75, 3.05) is 0 Å². The van der Waals surface area contributed by atoms with Crippen molar-refractivity contribution >= 4 is 0 Å². The van der Waals surface area contributed by atoms with Crippen LogP contribution in [0.1, 0.15) is 37.5 Å². The molecule has 0 aliphatic heterocycles. The Kier molecular flexibility index (Phi) is 2.08. The zero-order valence-electron chi connectivity index (χ0n) is 6.94. The number of rotatable bonds is 1. The van der Waals surface area contributed by atoms with Crippen molar-refractivity contribution in [1.29, 1.82) is 0 Å². The molecule has 0 radical (unpaired) electrons. The first kappa shape index (κ1) is 7.73. The minimum Gasteiger partial charge on any atom is -0.339 e. The predicted octanol–water partition coefficient (Wildman–Crippen LogP) is 1.05. The molecular formula is C8H13N3O. The van der Waals surface area contributed by atoms with Crippen LogP contribution in [0.2, 0.25) is 0 Å². The van der Waals surface area contributed by atoms with Crippen molar-refractivity contribution in [3.8, 4) is 0 Å². The minimum absolute atomic E-state index is 0.208. The van der Waals surface area contributed by atoms with Crippen molar-refractivity contribution in [2.24, 2.45) is 5.73 Å². The summed E-state index contributed by atoms with van der Waals surface area (Å²) in [6, 6.07) is 0.208. The quantitative estimate of drug-likeness (QED) is 0.679. The van der Waals surface area contributed by atoms with E-state index < -0.39 is 0 Å². The van der Waals surface area contributed by atoms with Gasteiger partial charge in [-0.05, 0) is 12.8 Å². The van der Waals surface area contributed by atoms with E-state index in [4.69, 9.17) is 10.3 Å². The van der Waals surface area contributed by atoms with Crippen molar-refractivity contribution < 1.29 is 4.52 Å². The van der Waals surface area contributed by atoms with Crippen molar-refractivity contribution in [1.82, 2.24) is 10.1 Å². The molecule has 1 aromatic rings. The van der Waals surface area contributed by atoms with Crippen LogP contribution in [0.4, 0.5) is 0 Å². The molecule has 66 valence electrons. The van der Waals surface area contributed by atoms with E-state index in [-0.39, 0.29) is 6.04 Å². The summed E-state index contributed by atoms with van der Waals surface area (Å²) in [5, 5.41) is 3.59. The summed E-state index contributed by atoms with van der Waals surface area (Å²) in [5.41, 5.74) is 5.94. The molecule has 2 N–H and O–H groups in total. The molecule has 2 atom stereocenters. The fourth-order valence-electron chi connectivity index (χ4n) is 1.81. The SMILES string of the molecule is NC1CCCCC1c1ncno1. The third-order valence-corrected chi connectivity index (χ3v) is 2.51. The third-order valence-electron chi connectivity index (χ3n) is 2.51. The second-order valence-corrected chi connectivity index (χ2v) is 3.33. The average Bonchev–Trinajstić information content (AvgIpc) is 2.57. The Balaban J connectivity index is 2.11. The van der Waals surface area contributed by atoms with Gasteiger partial charge in [-0.2, -0.15) is 4.98 Å². The van der Waals surface area contributed by atoms with Gasteiger partial charge in [-0.15, -0.1) is 0 Å². The van der Waals surface area contributed by atoms with Crippen LogP contribution in [0.3, 0.4) is 0 Å². The van der Waals surface area contributed by atoms with Gasteiger partial charge >= 0.3 is 0 Å². The Bertz CT molecular complexity index is 234. The van der Waals surface area contributed by atoms with Crippen LogP contribution < -0.4 is 5.73 Å². The second kappa shape index (κ2) is 3.23.